The van der Waals surface area contributed by atoms with E-state index in [4.69, 9.17) is 27.9 Å². The Labute approximate surface area is 198 Å². The average Bonchev–Trinajstić information content (AvgIpc) is 3.12. The number of hydrogen-bond acceptors (Lipinski definition) is 4. The maximum absolute atomic E-state index is 12.9. The molecule has 170 valence electrons. The molecule has 0 bridgehead atoms. The summed E-state index contributed by atoms with van der Waals surface area (Å²) in [5, 5.41) is 10.1. The lowest BCUT2D eigenvalue weighted by molar-refractivity contribution is -0.137. The van der Waals surface area contributed by atoms with E-state index < -0.39 is 11.7 Å². The zero-order chi connectivity index (χ0) is 23.1. The summed E-state index contributed by atoms with van der Waals surface area (Å²) in [5.74, 6) is 1.65. The number of benzene rings is 2. The molecule has 0 saturated carbocycles. The molecule has 3 rings (SSSR count). The van der Waals surface area contributed by atoms with Crippen molar-refractivity contribution in [2.45, 2.75) is 36.5 Å². The Morgan fingerprint density at radius 2 is 1.94 bits per heavy atom. The molecule has 10 heteroatoms. The summed E-state index contributed by atoms with van der Waals surface area (Å²) in [6.07, 6.45) is -1.36. The molecule has 0 radical (unpaired) electrons. The van der Waals surface area contributed by atoms with Gasteiger partial charge in [0.05, 0.1) is 17.2 Å². The van der Waals surface area contributed by atoms with Gasteiger partial charge in [-0.1, -0.05) is 59.2 Å². The average molecular weight is 502 g/mol. The minimum atomic E-state index is -4.37. The second-order valence-electron chi connectivity index (χ2n) is 6.81. The molecule has 1 heterocycles. The van der Waals surface area contributed by atoms with Crippen molar-refractivity contribution in [2.75, 3.05) is 6.61 Å². The molecule has 32 heavy (non-hydrogen) atoms. The first-order valence-electron chi connectivity index (χ1n) is 9.67. The molecule has 0 aliphatic carbocycles. The topological polar surface area (TPSA) is 39.9 Å². The predicted molar refractivity (Wildman–Crippen MR) is 122 cm³/mol. The van der Waals surface area contributed by atoms with E-state index >= 15 is 0 Å². The zero-order valence-electron chi connectivity index (χ0n) is 16.9. The van der Waals surface area contributed by atoms with Gasteiger partial charge in [0.2, 0.25) is 0 Å². The monoisotopic (exact) mass is 501 g/mol. The number of ether oxygens (including phenoxy) is 1. The highest BCUT2D eigenvalue weighted by Gasteiger charge is 2.30. The van der Waals surface area contributed by atoms with Gasteiger partial charge in [-0.2, -0.15) is 13.2 Å². The van der Waals surface area contributed by atoms with Crippen LogP contribution in [0.5, 0.6) is 5.75 Å². The lowest BCUT2D eigenvalue weighted by Crippen LogP contribution is -2.07. The third-order valence-corrected chi connectivity index (χ3v) is 5.99. The van der Waals surface area contributed by atoms with Gasteiger partial charge in [0.25, 0.3) is 0 Å². The Morgan fingerprint density at radius 3 is 2.66 bits per heavy atom. The van der Waals surface area contributed by atoms with Crippen molar-refractivity contribution in [3.63, 3.8) is 0 Å². The number of nitrogens with zero attached hydrogens (tertiary/aromatic N) is 3. The van der Waals surface area contributed by atoms with E-state index in [0.29, 0.717) is 58.3 Å². The Bertz CT molecular complexity index is 1070. The van der Waals surface area contributed by atoms with Crippen LogP contribution in [0.2, 0.25) is 10.0 Å². The van der Waals surface area contributed by atoms with Gasteiger partial charge in [-0.15, -0.1) is 16.8 Å². The maximum Gasteiger partial charge on any atom is 0.416 e. The largest absolute Gasteiger partial charge is 0.492 e. The molecule has 2 aromatic carbocycles. The van der Waals surface area contributed by atoms with Gasteiger partial charge in [0, 0.05) is 23.7 Å². The van der Waals surface area contributed by atoms with Crippen LogP contribution in [-0.2, 0) is 24.9 Å². The maximum atomic E-state index is 12.9. The Balaban J connectivity index is 1.59. The third-order valence-electron chi connectivity index (χ3n) is 4.42. The van der Waals surface area contributed by atoms with E-state index in [9.17, 15) is 13.2 Å². The summed E-state index contributed by atoms with van der Waals surface area (Å²) >= 11 is 13.3. The van der Waals surface area contributed by atoms with E-state index in [1.165, 1.54) is 17.8 Å². The molecule has 4 nitrogen and oxygen atoms in total. The fraction of sp³-hybridized carbons (Fsp3) is 0.273. The number of thioether (sulfide) groups is 1. The lowest BCUT2D eigenvalue weighted by atomic mass is 10.1. The number of hydrogen-bond donors (Lipinski definition) is 0. The molecule has 0 fully saturated rings. The fourth-order valence-corrected chi connectivity index (χ4v) is 4.29. The van der Waals surface area contributed by atoms with Crippen LogP contribution in [0.3, 0.4) is 0 Å². The van der Waals surface area contributed by atoms with Gasteiger partial charge < -0.3 is 9.30 Å². The second-order valence-corrected chi connectivity index (χ2v) is 8.60. The Morgan fingerprint density at radius 1 is 1.12 bits per heavy atom. The first-order chi connectivity index (χ1) is 15.3. The van der Waals surface area contributed by atoms with Gasteiger partial charge in [0.15, 0.2) is 5.16 Å². The smallest absolute Gasteiger partial charge is 0.416 e. The second kappa shape index (κ2) is 11.1. The molecule has 3 aromatic rings. The van der Waals surface area contributed by atoms with E-state index in [-0.39, 0.29) is 0 Å². The van der Waals surface area contributed by atoms with Gasteiger partial charge in [-0.25, -0.2) is 0 Å². The van der Waals surface area contributed by atoms with Crippen LogP contribution >= 0.6 is 35.0 Å². The van der Waals surface area contributed by atoms with E-state index in [1.807, 2.05) is 4.57 Å². The predicted octanol–water partition coefficient (Wildman–Crippen LogP) is 7.09. The van der Waals surface area contributed by atoms with E-state index in [0.717, 1.165) is 18.0 Å². The molecule has 1 aromatic heterocycles. The lowest BCUT2D eigenvalue weighted by Gasteiger charge is -2.10. The van der Waals surface area contributed by atoms with Crippen LogP contribution in [0.1, 0.15) is 23.4 Å². The number of allylic oxidation sites excluding steroid dienone is 1. The molecule has 0 spiro atoms. The number of halogens is 5. The molecule has 0 atom stereocenters. The fourth-order valence-electron chi connectivity index (χ4n) is 2.91. The highest BCUT2D eigenvalue weighted by atomic mass is 35.5. The summed E-state index contributed by atoms with van der Waals surface area (Å²) in [7, 11) is 0. The van der Waals surface area contributed by atoms with Crippen LogP contribution in [0.4, 0.5) is 13.2 Å². The summed E-state index contributed by atoms with van der Waals surface area (Å²) in [6.45, 7) is 4.69. The van der Waals surface area contributed by atoms with Crippen LogP contribution < -0.4 is 4.74 Å². The Hall–Kier alpha value is -2.16. The van der Waals surface area contributed by atoms with Gasteiger partial charge in [0.1, 0.15) is 11.6 Å². The summed E-state index contributed by atoms with van der Waals surface area (Å²) < 4.78 is 46.4. The normalized spacial score (nSPS) is 11.5. The third kappa shape index (κ3) is 6.67. The highest BCUT2D eigenvalue weighted by Crippen LogP contribution is 2.31. The van der Waals surface area contributed by atoms with Gasteiger partial charge in [-0.3, -0.25) is 0 Å². The van der Waals surface area contributed by atoms with Crippen molar-refractivity contribution in [1.82, 2.24) is 14.8 Å². The molecule has 0 unspecified atom stereocenters. The molecule has 0 aliphatic heterocycles. The highest BCUT2D eigenvalue weighted by molar-refractivity contribution is 7.98. The molecule has 0 aliphatic rings. The van der Waals surface area contributed by atoms with Crippen LogP contribution in [0.25, 0.3) is 0 Å². The SMILES string of the molecule is C=CCn1c(CCCOc2ccc(Cl)cc2Cl)nnc1SCc1cccc(C(F)(F)F)c1. The minimum Gasteiger partial charge on any atom is -0.492 e. The molecule has 0 amide bonds. The quantitative estimate of drug-likeness (QED) is 0.169. The number of aromatic nitrogens is 3. The van der Waals surface area contributed by atoms with Crippen LogP contribution in [0.15, 0.2) is 60.3 Å². The number of alkyl halides is 3. The molecule has 0 saturated heterocycles. The van der Waals surface area contributed by atoms with Crippen molar-refractivity contribution >= 4 is 35.0 Å². The number of aryl methyl sites for hydroxylation is 1. The van der Waals surface area contributed by atoms with Crippen molar-refractivity contribution in [2.24, 2.45) is 0 Å². The van der Waals surface area contributed by atoms with Crippen molar-refractivity contribution in [3.8, 4) is 5.75 Å². The summed E-state index contributed by atoms with van der Waals surface area (Å²) in [6, 6.07) is 10.3. The number of rotatable bonds is 10. The van der Waals surface area contributed by atoms with Gasteiger partial charge in [-0.05, 0) is 36.2 Å². The summed E-state index contributed by atoms with van der Waals surface area (Å²) in [4.78, 5) is 0. The van der Waals surface area contributed by atoms with Crippen molar-refractivity contribution in [3.05, 3.63) is 82.1 Å². The van der Waals surface area contributed by atoms with E-state index in [2.05, 4.69) is 16.8 Å². The van der Waals surface area contributed by atoms with Gasteiger partial charge >= 0.3 is 6.18 Å². The van der Waals surface area contributed by atoms with Crippen LogP contribution in [-0.4, -0.2) is 21.4 Å². The van der Waals surface area contributed by atoms with Crippen molar-refractivity contribution in [1.29, 1.82) is 0 Å². The Kier molecular flexibility index (Phi) is 8.51. The molecular weight excluding hydrogens is 482 g/mol. The van der Waals surface area contributed by atoms with Crippen LogP contribution in [0, 0.1) is 0 Å². The first-order valence-corrected chi connectivity index (χ1v) is 11.4. The van der Waals surface area contributed by atoms with Crippen molar-refractivity contribution < 1.29 is 17.9 Å². The summed E-state index contributed by atoms with van der Waals surface area (Å²) in [5.41, 5.74) is -0.0996. The molecule has 0 N–H and O–H groups in total. The minimum absolute atomic E-state index is 0.345. The zero-order valence-corrected chi connectivity index (χ0v) is 19.2. The molecular formula is C22H20Cl2F3N3OS. The standard InChI is InChI=1S/C22H20Cl2F3N3OS/c1-2-10-30-20(7-4-11-31-19-9-8-17(23)13-18(19)24)28-29-21(30)32-14-15-5-3-6-16(12-15)22(25,26)27/h2-3,5-6,8-9,12-13H,1,4,7,10-11,14H2. The van der Waals surface area contributed by atoms with E-state index in [1.54, 1.807) is 30.3 Å². The first kappa shape index (κ1) is 24.5.